The Labute approximate surface area is 127 Å². The summed E-state index contributed by atoms with van der Waals surface area (Å²) in [5.41, 5.74) is 0. The first-order valence-electron chi connectivity index (χ1n) is 8.37. The van der Waals surface area contributed by atoms with Crippen LogP contribution in [0, 0.1) is 11.8 Å². The highest BCUT2D eigenvalue weighted by Gasteiger charge is 2.25. The van der Waals surface area contributed by atoms with Gasteiger partial charge < -0.3 is 10.4 Å². The van der Waals surface area contributed by atoms with Crippen LogP contribution in [0.15, 0.2) is 0 Å². The number of piperidine rings is 1. The molecule has 0 aromatic heterocycles. The van der Waals surface area contributed by atoms with Gasteiger partial charge in [0.05, 0.1) is 12.6 Å². The van der Waals surface area contributed by atoms with Gasteiger partial charge in [-0.1, -0.05) is 32.1 Å². The van der Waals surface area contributed by atoms with Crippen molar-refractivity contribution in [2.24, 2.45) is 11.8 Å². The van der Waals surface area contributed by atoms with Crippen LogP contribution in [0.2, 0.25) is 0 Å². The van der Waals surface area contributed by atoms with E-state index in [1.165, 1.54) is 32.1 Å². The SMILES string of the molecule is O=C(CCC1CCCCC1)NCN1CCCC(C(=O)O)C1. The number of hydrogen-bond donors (Lipinski definition) is 2. The lowest BCUT2D eigenvalue weighted by atomic mass is 9.86. The molecule has 0 aromatic rings. The van der Waals surface area contributed by atoms with Gasteiger partial charge >= 0.3 is 5.97 Å². The molecule has 120 valence electrons. The molecule has 2 rings (SSSR count). The number of likely N-dealkylation sites (tertiary alicyclic amines) is 1. The maximum atomic E-state index is 11.9. The lowest BCUT2D eigenvalue weighted by Crippen LogP contribution is -2.44. The highest BCUT2D eigenvalue weighted by Crippen LogP contribution is 2.27. The zero-order chi connectivity index (χ0) is 15.1. The van der Waals surface area contributed by atoms with Gasteiger partial charge in [-0.05, 0) is 31.7 Å². The van der Waals surface area contributed by atoms with Crippen molar-refractivity contribution in [2.75, 3.05) is 19.8 Å². The maximum absolute atomic E-state index is 11.9. The van der Waals surface area contributed by atoms with Gasteiger partial charge in [-0.25, -0.2) is 0 Å². The molecule has 0 bridgehead atoms. The Morgan fingerprint density at radius 3 is 2.57 bits per heavy atom. The maximum Gasteiger partial charge on any atom is 0.307 e. The van der Waals surface area contributed by atoms with E-state index in [1.807, 2.05) is 4.90 Å². The van der Waals surface area contributed by atoms with Crippen molar-refractivity contribution in [1.29, 1.82) is 0 Å². The van der Waals surface area contributed by atoms with Gasteiger partial charge in [-0.15, -0.1) is 0 Å². The van der Waals surface area contributed by atoms with Crippen LogP contribution < -0.4 is 5.32 Å². The van der Waals surface area contributed by atoms with Gasteiger partial charge in [0.25, 0.3) is 0 Å². The summed E-state index contributed by atoms with van der Waals surface area (Å²) in [6, 6.07) is 0. The second-order valence-electron chi connectivity index (χ2n) is 6.56. The lowest BCUT2D eigenvalue weighted by Gasteiger charge is -2.30. The number of carboxylic acids is 1. The Kier molecular flexibility index (Phi) is 6.49. The first-order valence-corrected chi connectivity index (χ1v) is 8.37. The molecule has 21 heavy (non-hydrogen) atoms. The van der Waals surface area contributed by atoms with E-state index in [0.29, 0.717) is 19.6 Å². The van der Waals surface area contributed by atoms with Crippen molar-refractivity contribution < 1.29 is 14.7 Å². The third kappa shape index (κ3) is 5.65. The van der Waals surface area contributed by atoms with E-state index < -0.39 is 5.97 Å². The van der Waals surface area contributed by atoms with E-state index in [1.54, 1.807) is 0 Å². The second-order valence-corrected chi connectivity index (χ2v) is 6.56. The van der Waals surface area contributed by atoms with Crippen LogP contribution >= 0.6 is 0 Å². The summed E-state index contributed by atoms with van der Waals surface area (Å²) in [6.07, 6.45) is 9.80. The van der Waals surface area contributed by atoms with Crippen LogP contribution in [0.1, 0.15) is 57.8 Å². The molecule has 1 heterocycles. The van der Waals surface area contributed by atoms with Crippen molar-refractivity contribution in [2.45, 2.75) is 57.8 Å². The minimum atomic E-state index is -0.719. The molecule has 2 aliphatic rings. The number of carbonyl (C=O) groups excluding carboxylic acids is 1. The average molecular weight is 296 g/mol. The zero-order valence-corrected chi connectivity index (χ0v) is 12.9. The van der Waals surface area contributed by atoms with Crippen LogP contribution in [-0.4, -0.2) is 41.6 Å². The van der Waals surface area contributed by atoms with Crippen LogP contribution in [0.5, 0.6) is 0 Å². The molecule has 1 unspecified atom stereocenters. The van der Waals surface area contributed by atoms with Crippen LogP contribution in [0.4, 0.5) is 0 Å². The van der Waals surface area contributed by atoms with Gasteiger partial charge in [0.1, 0.15) is 0 Å². The molecule has 0 radical (unpaired) electrons. The van der Waals surface area contributed by atoms with Gasteiger partial charge in [0.2, 0.25) is 5.91 Å². The molecule has 2 N–H and O–H groups in total. The monoisotopic (exact) mass is 296 g/mol. The van der Waals surface area contributed by atoms with Crippen molar-refractivity contribution in [3.63, 3.8) is 0 Å². The molecule has 0 spiro atoms. The van der Waals surface area contributed by atoms with Gasteiger partial charge in [-0.3, -0.25) is 14.5 Å². The molecule has 1 atom stereocenters. The molecule has 1 aliphatic carbocycles. The standard InChI is InChI=1S/C16H28N2O3/c19-15(9-8-13-5-2-1-3-6-13)17-12-18-10-4-7-14(11-18)16(20)21/h13-14H,1-12H2,(H,17,19)(H,20,21). The minimum absolute atomic E-state index is 0.109. The van der Waals surface area contributed by atoms with E-state index in [-0.39, 0.29) is 11.8 Å². The normalized spacial score (nSPS) is 24.7. The topological polar surface area (TPSA) is 69.6 Å². The number of carboxylic acid groups (broad SMARTS) is 1. The molecule has 1 saturated heterocycles. The smallest absolute Gasteiger partial charge is 0.307 e. The first-order chi connectivity index (χ1) is 10.1. The van der Waals surface area contributed by atoms with Crippen molar-refractivity contribution in [1.82, 2.24) is 10.2 Å². The second kappa shape index (κ2) is 8.37. The molecule has 5 nitrogen and oxygen atoms in total. The summed E-state index contributed by atoms with van der Waals surface area (Å²) < 4.78 is 0. The fourth-order valence-corrected chi connectivity index (χ4v) is 3.50. The molecule has 5 heteroatoms. The number of carbonyl (C=O) groups is 2. The first kappa shape index (κ1) is 16.3. The highest BCUT2D eigenvalue weighted by molar-refractivity contribution is 5.75. The summed E-state index contributed by atoms with van der Waals surface area (Å²) in [5, 5.41) is 12.0. The van der Waals surface area contributed by atoms with Crippen molar-refractivity contribution in [3.8, 4) is 0 Å². The van der Waals surface area contributed by atoms with Crippen molar-refractivity contribution >= 4 is 11.9 Å². The number of nitrogens with zero attached hydrogens (tertiary/aromatic N) is 1. The number of nitrogens with one attached hydrogen (secondary N) is 1. The summed E-state index contributed by atoms with van der Waals surface area (Å²) >= 11 is 0. The lowest BCUT2D eigenvalue weighted by molar-refractivity contribution is -0.143. The van der Waals surface area contributed by atoms with Gasteiger partial charge in [0, 0.05) is 13.0 Å². The van der Waals surface area contributed by atoms with E-state index in [9.17, 15) is 9.59 Å². The van der Waals surface area contributed by atoms with Crippen LogP contribution in [0.3, 0.4) is 0 Å². The Balaban J connectivity index is 1.60. The summed E-state index contributed by atoms with van der Waals surface area (Å²) in [4.78, 5) is 24.9. The molecule has 1 amide bonds. The molecular weight excluding hydrogens is 268 g/mol. The number of amides is 1. The quantitative estimate of drug-likeness (QED) is 0.788. The fourth-order valence-electron chi connectivity index (χ4n) is 3.50. The molecular formula is C16H28N2O3. The summed E-state index contributed by atoms with van der Waals surface area (Å²) in [6.45, 7) is 1.93. The Morgan fingerprint density at radius 1 is 1.10 bits per heavy atom. The zero-order valence-electron chi connectivity index (χ0n) is 12.9. The van der Waals surface area contributed by atoms with Crippen LogP contribution in [-0.2, 0) is 9.59 Å². The van der Waals surface area contributed by atoms with E-state index in [0.717, 1.165) is 31.7 Å². The van der Waals surface area contributed by atoms with E-state index in [2.05, 4.69) is 5.32 Å². The largest absolute Gasteiger partial charge is 0.481 e. The third-order valence-electron chi connectivity index (χ3n) is 4.86. The predicted molar refractivity (Wildman–Crippen MR) is 80.8 cm³/mol. The van der Waals surface area contributed by atoms with E-state index >= 15 is 0 Å². The summed E-state index contributed by atoms with van der Waals surface area (Å²) in [5.74, 6) is -0.157. The van der Waals surface area contributed by atoms with Gasteiger partial charge in [0.15, 0.2) is 0 Å². The Morgan fingerprint density at radius 2 is 1.86 bits per heavy atom. The Hall–Kier alpha value is -1.10. The van der Waals surface area contributed by atoms with E-state index in [4.69, 9.17) is 5.11 Å². The third-order valence-corrected chi connectivity index (χ3v) is 4.86. The van der Waals surface area contributed by atoms with Crippen LogP contribution in [0.25, 0.3) is 0 Å². The number of rotatable bonds is 6. The Bertz CT molecular complexity index is 353. The number of aliphatic carboxylic acids is 1. The van der Waals surface area contributed by atoms with Gasteiger partial charge in [-0.2, -0.15) is 0 Å². The molecule has 1 aliphatic heterocycles. The fraction of sp³-hybridized carbons (Fsp3) is 0.875. The average Bonchev–Trinajstić information content (AvgIpc) is 2.52. The molecule has 2 fully saturated rings. The van der Waals surface area contributed by atoms with Crippen molar-refractivity contribution in [3.05, 3.63) is 0 Å². The molecule has 0 aromatic carbocycles. The predicted octanol–water partition coefficient (Wildman–Crippen LogP) is 2.22. The minimum Gasteiger partial charge on any atom is -0.481 e. The summed E-state index contributed by atoms with van der Waals surface area (Å²) in [7, 11) is 0. The number of hydrogen-bond acceptors (Lipinski definition) is 3. The highest BCUT2D eigenvalue weighted by atomic mass is 16.4. The molecule has 1 saturated carbocycles.